The zero-order valence-corrected chi connectivity index (χ0v) is 11.9. The van der Waals surface area contributed by atoms with Crippen LogP contribution in [0.5, 0.6) is 0 Å². The van der Waals surface area contributed by atoms with E-state index in [4.69, 9.17) is 0 Å². The molecule has 0 aliphatic carbocycles. The molecular formula is C13H17N3O3S. The summed E-state index contributed by atoms with van der Waals surface area (Å²) in [4.78, 5) is 23.9. The predicted molar refractivity (Wildman–Crippen MR) is 78.7 cm³/mol. The van der Waals surface area contributed by atoms with Crippen LogP contribution < -0.4 is 5.32 Å². The summed E-state index contributed by atoms with van der Waals surface area (Å²) < 4.78 is 0. The van der Waals surface area contributed by atoms with Gasteiger partial charge in [0.1, 0.15) is 0 Å². The summed E-state index contributed by atoms with van der Waals surface area (Å²) in [7, 11) is 0. The number of carbonyl (C=O) groups is 1. The van der Waals surface area contributed by atoms with E-state index in [2.05, 4.69) is 5.32 Å². The molecule has 0 radical (unpaired) electrons. The third kappa shape index (κ3) is 4.21. The Labute approximate surface area is 121 Å². The van der Waals surface area contributed by atoms with E-state index < -0.39 is 4.92 Å². The van der Waals surface area contributed by atoms with Gasteiger partial charge in [0.25, 0.3) is 5.69 Å². The van der Waals surface area contributed by atoms with Crippen LogP contribution in [0.15, 0.2) is 24.3 Å². The molecule has 0 spiro atoms. The summed E-state index contributed by atoms with van der Waals surface area (Å²) in [5.41, 5.74) is 1.01. The normalized spacial score (nSPS) is 15.1. The van der Waals surface area contributed by atoms with Crippen LogP contribution in [0, 0.1) is 10.1 Å². The van der Waals surface area contributed by atoms with Gasteiger partial charge in [0.2, 0.25) is 5.91 Å². The molecular weight excluding hydrogens is 278 g/mol. The van der Waals surface area contributed by atoms with E-state index in [0.717, 1.165) is 30.2 Å². The molecule has 1 heterocycles. The molecule has 108 valence electrons. The molecule has 1 aromatic carbocycles. The van der Waals surface area contributed by atoms with Crippen LogP contribution in [0.2, 0.25) is 0 Å². The second-order valence-corrected chi connectivity index (χ2v) is 5.75. The third-order valence-electron chi connectivity index (χ3n) is 3.12. The van der Waals surface area contributed by atoms with Crippen LogP contribution in [0.1, 0.15) is 5.56 Å². The highest BCUT2D eigenvalue weighted by Crippen LogP contribution is 2.12. The lowest BCUT2D eigenvalue weighted by Gasteiger charge is -2.26. The fraction of sp³-hybridized carbons (Fsp3) is 0.462. The molecule has 0 bridgehead atoms. The monoisotopic (exact) mass is 295 g/mol. The Hall–Kier alpha value is -1.60. The third-order valence-corrected chi connectivity index (χ3v) is 4.06. The second kappa shape index (κ2) is 7.25. The first-order valence-corrected chi connectivity index (χ1v) is 7.62. The molecule has 2 rings (SSSR count). The van der Waals surface area contributed by atoms with Crippen molar-refractivity contribution in [1.82, 2.24) is 10.2 Å². The van der Waals surface area contributed by atoms with Gasteiger partial charge in [-0.25, -0.2) is 0 Å². The summed E-state index contributed by atoms with van der Waals surface area (Å²) in [6.45, 7) is 2.49. The molecule has 1 aliphatic heterocycles. The molecule has 20 heavy (non-hydrogen) atoms. The molecule has 0 aromatic heterocycles. The number of carbonyl (C=O) groups excluding carboxylic acids is 1. The van der Waals surface area contributed by atoms with Gasteiger partial charge in [0.15, 0.2) is 0 Å². The zero-order valence-electron chi connectivity index (χ0n) is 11.1. The number of nitrogens with zero attached hydrogens (tertiary/aromatic N) is 2. The number of amides is 1. The smallest absolute Gasteiger partial charge is 0.269 e. The largest absolute Gasteiger partial charge is 0.340 e. The molecule has 0 saturated carbocycles. The van der Waals surface area contributed by atoms with Gasteiger partial charge >= 0.3 is 0 Å². The van der Waals surface area contributed by atoms with Crippen molar-refractivity contribution in [2.75, 3.05) is 31.1 Å². The summed E-state index contributed by atoms with van der Waals surface area (Å²) in [5, 5.41) is 13.6. The molecule has 1 fully saturated rings. The first kappa shape index (κ1) is 14.8. The predicted octanol–water partition coefficient (Wildman–Crippen LogP) is 1.26. The van der Waals surface area contributed by atoms with E-state index in [1.54, 1.807) is 12.1 Å². The quantitative estimate of drug-likeness (QED) is 0.654. The van der Waals surface area contributed by atoms with Crippen molar-refractivity contribution in [3.8, 4) is 0 Å². The standard InChI is InChI=1S/C13H17N3O3S/c17-13(15-5-7-20-8-6-15)10-14-9-11-1-3-12(4-2-11)16(18)19/h1-4,14H,5-10H2. The van der Waals surface area contributed by atoms with Gasteiger partial charge < -0.3 is 10.2 Å². The van der Waals surface area contributed by atoms with E-state index in [0.29, 0.717) is 13.1 Å². The first-order chi connectivity index (χ1) is 9.66. The molecule has 1 aromatic rings. The molecule has 7 heteroatoms. The molecule has 0 atom stereocenters. The van der Waals surface area contributed by atoms with Crippen molar-refractivity contribution >= 4 is 23.4 Å². The molecule has 1 aliphatic rings. The SMILES string of the molecule is O=C(CNCc1ccc([N+](=O)[O-])cc1)N1CCSCC1. The van der Waals surface area contributed by atoms with Crippen LogP contribution in [-0.2, 0) is 11.3 Å². The molecule has 0 unspecified atom stereocenters. The molecule has 1 N–H and O–H groups in total. The van der Waals surface area contributed by atoms with Crippen molar-refractivity contribution in [3.05, 3.63) is 39.9 Å². The van der Waals surface area contributed by atoms with Crippen molar-refractivity contribution < 1.29 is 9.72 Å². The van der Waals surface area contributed by atoms with Crippen LogP contribution >= 0.6 is 11.8 Å². The van der Waals surface area contributed by atoms with E-state index in [9.17, 15) is 14.9 Å². The number of benzene rings is 1. The van der Waals surface area contributed by atoms with Crippen LogP contribution in [-0.4, -0.2) is 46.9 Å². The topological polar surface area (TPSA) is 75.5 Å². The number of hydrogen-bond acceptors (Lipinski definition) is 5. The van der Waals surface area contributed by atoms with E-state index in [1.807, 2.05) is 16.7 Å². The zero-order chi connectivity index (χ0) is 14.4. The maximum atomic E-state index is 11.9. The van der Waals surface area contributed by atoms with Crippen molar-refractivity contribution in [3.63, 3.8) is 0 Å². The fourth-order valence-corrected chi connectivity index (χ4v) is 2.88. The average molecular weight is 295 g/mol. The van der Waals surface area contributed by atoms with Crippen LogP contribution in [0.25, 0.3) is 0 Å². The summed E-state index contributed by atoms with van der Waals surface area (Å²) >= 11 is 1.87. The van der Waals surface area contributed by atoms with E-state index >= 15 is 0 Å². The average Bonchev–Trinajstić information content (AvgIpc) is 2.48. The highest BCUT2D eigenvalue weighted by molar-refractivity contribution is 7.99. The van der Waals surface area contributed by atoms with Gasteiger partial charge in [0, 0.05) is 43.3 Å². The van der Waals surface area contributed by atoms with Gasteiger partial charge in [0.05, 0.1) is 11.5 Å². The number of non-ortho nitro benzene ring substituents is 1. The maximum absolute atomic E-state index is 11.9. The number of nitro groups is 1. The number of hydrogen-bond donors (Lipinski definition) is 1. The lowest BCUT2D eigenvalue weighted by molar-refractivity contribution is -0.384. The second-order valence-electron chi connectivity index (χ2n) is 4.52. The number of nitro benzene ring substituents is 1. The molecule has 6 nitrogen and oxygen atoms in total. The lowest BCUT2D eigenvalue weighted by atomic mass is 10.2. The first-order valence-electron chi connectivity index (χ1n) is 6.46. The Morgan fingerprint density at radius 1 is 1.30 bits per heavy atom. The van der Waals surface area contributed by atoms with Crippen molar-refractivity contribution in [2.45, 2.75) is 6.54 Å². The van der Waals surface area contributed by atoms with Gasteiger partial charge in [-0.3, -0.25) is 14.9 Å². The Morgan fingerprint density at radius 3 is 2.55 bits per heavy atom. The van der Waals surface area contributed by atoms with Gasteiger partial charge in [-0.15, -0.1) is 0 Å². The minimum absolute atomic E-state index is 0.0793. The van der Waals surface area contributed by atoms with E-state index in [1.165, 1.54) is 12.1 Å². The van der Waals surface area contributed by atoms with E-state index in [-0.39, 0.29) is 11.6 Å². The molecule has 1 amide bonds. The highest BCUT2D eigenvalue weighted by atomic mass is 32.2. The Kier molecular flexibility index (Phi) is 5.37. The van der Waals surface area contributed by atoms with Gasteiger partial charge in [-0.1, -0.05) is 12.1 Å². The lowest BCUT2D eigenvalue weighted by Crippen LogP contribution is -2.42. The summed E-state index contributed by atoms with van der Waals surface area (Å²) in [6, 6.07) is 6.35. The summed E-state index contributed by atoms with van der Waals surface area (Å²) in [5.74, 6) is 2.13. The van der Waals surface area contributed by atoms with Crippen molar-refractivity contribution in [2.24, 2.45) is 0 Å². The fourth-order valence-electron chi connectivity index (χ4n) is 1.97. The van der Waals surface area contributed by atoms with Crippen LogP contribution in [0.4, 0.5) is 5.69 Å². The molecule has 1 saturated heterocycles. The van der Waals surface area contributed by atoms with Crippen molar-refractivity contribution in [1.29, 1.82) is 0 Å². The maximum Gasteiger partial charge on any atom is 0.269 e. The Bertz CT molecular complexity index is 472. The van der Waals surface area contributed by atoms with Gasteiger partial charge in [-0.05, 0) is 5.56 Å². The number of rotatable bonds is 5. The number of nitrogens with one attached hydrogen (secondary N) is 1. The number of thioether (sulfide) groups is 1. The Morgan fingerprint density at radius 2 is 1.95 bits per heavy atom. The minimum atomic E-state index is -0.422. The highest BCUT2D eigenvalue weighted by Gasteiger charge is 2.15. The summed E-state index contributed by atoms with van der Waals surface area (Å²) in [6.07, 6.45) is 0. The van der Waals surface area contributed by atoms with Gasteiger partial charge in [-0.2, -0.15) is 11.8 Å². The van der Waals surface area contributed by atoms with Crippen LogP contribution in [0.3, 0.4) is 0 Å². The Balaban J connectivity index is 1.74. The minimum Gasteiger partial charge on any atom is -0.340 e.